The molecule has 4 aliphatic carbocycles. The molecule has 0 aliphatic heterocycles. The number of ether oxygens (including phenoxy) is 1. The third-order valence-corrected chi connectivity index (χ3v) is 6.99. The van der Waals surface area contributed by atoms with Gasteiger partial charge in [-0.25, -0.2) is 0 Å². The van der Waals surface area contributed by atoms with Gasteiger partial charge in [-0.2, -0.15) is 0 Å². The van der Waals surface area contributed by atoms with Crippen LogP contribution in [-0.2, 0) is 14.3 Å². The molecule has 0 saturated heterocycles. The third kappa shape index (κ3) is 3.90. The molecule has 1 N–H and O–H groups in total. The minimum atomic E-state index is -0.260. The number of anilines is 1. The van der Waals surface area contributed by atoms with Crippen LogP contribution in [0.3, 0.4) is 0 Å². The van der Waals surface area contributed by atoms with Gasteiger partial charge in [0.1, 0.15) is 0 Å². The molecule has 4 aliphatic rings. The average molecular weight is 370 g/mol. The SMILES string of the molecule is Cc1cc(C)c(NC(=O)COC(=O)CC23CC4CC(CC(C4)C2)C3)c(C)c1. The van der Waals surface area contributed by atoms with Gasteiger partial charge in [0.25, 0.3) is 5.91 Å². The van der Waals surface area contributed by atoms with Crippen molar-refractivity contribution in [2.45, 2.75) is 65.7 Å². The van der Waals surface area contributed by atoms with E-state index in [0.29, 0.717) is 6.42 Å². The molecule has 0 unspecified atom stereocenters. The summed E-state index contributed by atoms with van der Waals surface area (Å²) in [5, 5.41) is 2.90. The van der Waals surface area contributed by atoms with E-state index in [2.05, 4.69) is 5.32 Å². The van der Waals surface area contributed by atoms with Gasteiger partial charge < -0.3 is 10.1 Å². The number of carbonyl (C=O) groups excluding carboxylic acids is 2. The predicted molar refractivity (Wildman–Crippen MR) is 105 cm³/mol. The molecule has 0 atom stereocenters. The summed E-state index contributed by atoms with van der Waals surface area (Å²) >= 11 is 0. The van der Waals surface area contributed by atoms with Gasteiger partial charge in [-0.05, 0) is 93.6 Å². The number of nitrogens with one attached hydrogen (secondary N) is 1. The summed E-state index contributed by atoms with van der Waals surface area (Å²) < 4.78 is 5.37. The summed E-state index contributed by atoms with van der Waals surface area (Å²) in [6.07, 6.45) is 8.14. The quantitative estimate of drug-likeness (QED) is 0.766. The normalized spacial score (nSPS) is 31.0. The molecule has 1 aromatic rings. The van der Waals surface area contributed by atoms with Gasteiger partial charge in [-0.1, -0.05) is 17.7 Å². The van der Waals surface area contributed by atoms with E-state index in [9.17, 15) is 9.59 Å². The van der Waals surface area contributed by atoms with Gasteiger partial charge in [-0.3, -0.25) is 9.59 Å². The average Bonchev–Trinajstić information content (AvgIpc) is 2.54. The highest BCUT2D eigenvalue weighted by atomic mass is 16.5. The van der Waals surface area contributed by atoms with Crippen molar-refractivity contribution in [1.82, 2.24) is 0 Å². The smallest absolute Gasteiger partial charge is 0.306 e. The molecule has 1 amide bonds. The molecule has 4 saturated carbocycles. The zero-order valence-electron chi connectivity index (χ0n) is 16.8. The lowest BCUT2D eigenvalue weighted by Gasteiger charge is -2.56. The first-order valence-corrected chi connectivity index (χ1v) is 10.4. The fraction of sp³-hybridized carbons (Fsp3) is 0.652. The molecular formula is C23H31NO3. The second-order valence-electron chi connectivity index (χ2n) is 9.58. The van der Waals surface area contributed by atoms with Gasteiger partial charge in [0, 0.05) is 5.69 Å². The van der Waals surface area contributed by atoms with E-state index in [4.69, 9.17) is 4.74 Å². The first kappa shape index (κ1) is 18.5. The Kier molecular flexibility index (Phi) is 4.77. The highest BCUT2D eigenvalue weighted by molar-refractivity contribution is 5.94. The Morgan fingerprint density at radius 3 is 2.04 bits per heavy atom. The summed E-state index contributed by atoms with van der Waals surface area (Å²) in [5.41, 5.74) is 4.21. The molecule has 4 nitrogen and oxygen atoms in total. The molecule has 0 spiro atoms. The van der Waals surface area contributed by atoms with Crippen LogP contribution in [0, 0.1) is 43.9 Å². The van der Waals surface area contributed by atoms with E-state index < -0.39 is 0 Å². The van der Waals surface area contributed by atoms with Gasteiger partial charge in [0.15, 0.2) is 6.61 Å². The lowest BCUT2D eigenvalue weighted by molar-refractivity contribution is -0.154. The van der Waals surface area contributed by atoms with Crippen molar-refractivity contribution in [3.8, 4) is 0 Å². The summed E-state index contributed by atoms with van der Waals surface area (Å²) in [4.78, 5) is 24.7. The Balaban J connectivity index is 1.30. The molecule has 4 fully saturated rings. The Morgan fingerprint density at radius 2 is 1.52 bits per heavy atom. The van der Waals surface area contributed by atoms with E-state index in [-0.39, 0.29) is 23.9 Å². The first-order valence-electron chi connectivity index (χ1n) is 10.4. The predicted octanol–water partition coefficient (Wildman–Crippen LogP) is 4.70. The van der Waals surface area contributed by atoms with Crippen LogP contribution < -0.4 is 5.32 Å². The van der Waals surface area contributed by atoms with Crippen LogP contribution in [0.4, 0.5) is 5.69 Å². The number of esters is 1. The third-order valence-electron chi connectivity index (χ3n) is 6.99. The number of aryl methyl sites for hydroxylation is 3. The molecular weight excluding hydrogens is 338 g/mol. The van der Waals surface area contributed by atoms with Crippen LogP contribution in [0.1, 0.15) is 61.6 Å². The minimum absolute atomic E-state index is 0.159. The van der Waals surface area contributed by atoms with Crippen molar-refractivity contribution in [3.05, 3.63) is 28.8 Å². The zero-order valence-corrected chi connectivity index (χ0v) is 16.8. The second kappa shape index (κ2) is 6.96. The van der Waals surface area contributed by atoms with Crippen LogP contribution in [0.25, 0.3) is 0 Å². The van der Waals surface area contributed by atoms with E-state index in [0.717, 1.165) is 34.6 Å². The van der Waals surface area contributed by atoms with Gasteiger partial charge >= 0.3 is 5.97 Å². The van der Waals surface area contributed by atoms with Crippen molar-refractivity contribution >= 4 is 17.6 Å². The standard InChI is InChI=1S/C23H31NO3/c1-14-4-15(2)22(16(3)5-14)24-20(25)13-27-21(26)12-23-9-17-6-18(10-23)8-19(7-17)11-23/h4-5,17-19H,6-13H2,1-3H3,(H,24,25). The maximum absolute atomic E-state index is 12.5. The van der Waals surface area contributed by atoms with E-state index in [1.54, 1.807) is 0 Å². The van der Waals surface area contributed by atoms with Gasteiger partial charge in [0.2, 0.25) is 0 Å². The van der Waals surface area contributed by atoms with Crippen molar-refractivity contribution in [2.75, 3.05) is 11.9 Å². The van der Waals surface area contributed by atoms with Crippen molar-refractivity contribution in [3.63, 3.8) is 0 Å². The number of amides is 1. The van der Waals surface area contributed by atoms with Crippen molar-refractivity contribution < 1.29 is 14.3 Å². The second-order valence-corrected chi connectivity index (χ2v) is 9.58. The monoisotopic (exact) mass is 369 g/mol. The number of rotatable bonds is 5. The van der Waals surface area contributed by atoms with E-state index in [1.165, 1.54) is 44.1 Å². The topological polar surface area (TPSA) is 55.4 Å². The molecule has 4 bridgehead atoms. The van der Waals surface area contributed by atoms with Gasteiger partial charge in [-0.15, -0.1) is 0 Å². The Bertz CT molecular complexity index is 709. The molecule has 5 rings (SSSR count). The maximum Gasteiger partial charge on any atom is 0.306 e. The zero-order chi connectivity index (χ0) is 19.2. The highest BCUT2D eigenvalue weighted by Gasteiger charge is 2.51. The molecule has 0 aromatic heterocycles. The number of carbonyl (C=O) groups is 2. The highest BCUT2D eigenvalue weighted by Crippen LogP contribution is 2.61. The minimum Gasteiger partial charge on any atom is -0.456 e. The maximum atomic E-state index is 12.5. The van der Waals surface area contributed by atoms with Crippen molar-refractivity contribution in [1.29, 1.82) is 0 Å². The molecule has 0 radical (unpaired) electrons. The Hall–Kier alpha value is -1.84. The fourth-order valence-corrected chi connectivity index (χ4v) is 6.56. The summed E-state index contributed by atoms with van der Waals surface area (Å²) in [6, 6.07) is 4.09. The summed E-state index contributed by atoms with van der Waals surface area (Å²) in [7, 11) is 0. The fourth-order valence-electron chi connectivity index (χ4n) is 6.56. The van der Waals surface area contributed by atoms with Crippen LogP contribution in [-0.4, -0.2) is 18.5 Å². The van der Waals surface area contributed by atoms with Crippen LogP contribution >= 0.6 is 0 Å². The van der Waals surface area contributed by atoms with Crippen LogP contribution in [0.2, 0.25) is 0 Å². The lowest BCUT2D eigenvalue weighted by Crippen LogP contribution is -2.47. The van der Waals surface area contributed by atoms with Crippen LogP contribution in [0.15, 0.2) is 12.1 Å². The van der Waals surface area contributed by atoms with Gasteiger partial charge in [0.05, 0.1) is 6.42 Å². The molecule has 4 heteroatoms. The Labute approximate surface area is 162 Å². The number of hydrogen-bond acceptors (Lipinski definition) is 3. The first-order chi connectivity index (χ1) is 12.8. The Morgan fingerprint density at radius 1 is 1.00 bits per heavy atom. The molecule has 1 aromatic carbocycles. The largest absolute Gasteiger partial charge is 0.456 e. The molecule has 0 heterocycles. The molecule has 146 valence electrons. The lowest BCUT2D eigenvalue weighted by atomic mass is 9.49. The van der Waals surface area contributed by atoms with E-state index in [1.807, 2.05) is 32.9 Å². The summed E-state index contributed by atoms with van der Waals surface area (Å²) in [6.45, 7) is 5.80. The van der Waals surface area contributed by atoms with E-state index >= 15 is 0 Å². The van der Waals surface area contributed by atoms with Crippen molar-refractivity contribution in [2.24, 2.45) is 23.2 Å². The summed E-state index contributed by atoms with van der Waals surface area (Å²) in [5.74, 6) is 1.99. The van der Waals surface area contributed by atoms with Crippen LogP contribution in [0.5, 0.6) is 0 Å². The number of benzene rings is 1. The number of hydrogen-bond donors (Lipinski definition) is 1. The molecule has 27 heavy (non-hydrogen) atoms.